The van der Waals surface area contributed by atoms with Crippen LogP contribution in [0.1, 0.15) is 6.92 Å². The van der Waals surface area contributed by atoms with Gasteiger partial charge in [0.05, 0.1) is 5.92 Å². The van der Waals surface area contributed by atoms with Crippen LogP contribution < -0.4 is 0 Å². The fourth-order valence-electron chi connectivity index (χ4n) is 0.589. The molecule has 0 aromatic rings. The van der Waals surface area contributed by atoms with Crippen LogP contribution in [0.5, 0.6) is 0 Å². The molecule has 0 fully saturated rings. The number of carboxylic acids is 1. The third-order valence-electron chi connectivity index (χ3n) is 1.46. The molecule has 2 N–H and O–H groups in total. The normalized spacial score (nSPS) is 16.3. The van der Waals surface area contributed by atoms with Crippen molar-refractivity contribution in [2.24, 2.45) is 11.8 Å². The van der Waals surface area contributed by atoms with Crippen molar-refractivity contribution in [2.45, 2.75) is 6.92 Å². The number of aliphatic hydroxyl groups excluding tert-OH is 1. The standard InChI is InChI=1S/C6H11FO3/c1-4(3-8)5(2-7)6(9)10/h4-5,8H,2-3H2,1H3,(H,9,10). The Morgan fingerprint density at radius 1 is 1.70 bits per heavy atom. The first-order valence-electron chi connectivity index (χ1n) is 3.03. The lowest BCUT2D eigenvalue weighted by Gasteiger charge is -2.13. The van der Waals surface area contributed by atoms with Gasteiger partial charge in [0.15, 0.2) is 0 Å². The number of halogens is 1. The Balaban J connectivity index is 3.92. The first-order valence-corrected chi connectivity index (χ1v) is 3.03. The highest BCUT2D eigenvalue weighted by atomic mass is 19.1. The molecule has 10 heavy (non-hydrogen) atoms. The smallest absolute Gasteiger partial charge is 0.309 e. The summed E-state index contributed by atoms with van der Waals surface area (Å²) < 4.78 is 11.9. The summed E-state index contributed by atoms with van der Waals surface area (Å²) >= 11 is 0. The Hall–Kier alpha value is -0.640. The summed E-state index contributed by atoms with van der Waals surface area (Å²) in [5, 5.41) is 16.8. The molecule has 0 radical (unpaired) electrons. The van der Waals surface area contributed by atoms with Gasteiger partial charge in [0.25, 0.3) is 0 Å². The molecule has 0 amide bonds. The lowest BCUT2D eigenvalue weighted by Crippen LogP contribution is -2.25. The molecule has 0 saturated carbocycles. The van der Waals surface area contributed by atoms with Gasteiger partial charge in [-0.15, -0.1) is 0 Å². The second-order valence-electron chi connectivity index (χ2n) is 2.26. The van der Waals surface area contributed by atoms with Gasteiger partial charge in [-0.25, -0.2) is 0 Å². The highest BCUT2D eigenvalue weighted by molar-refractivity contribution is 5.70. The summed E-state index contributed by atoms with van der Waals surface area (Å²) in [6.07, 6.45) is 0. The third-order valence-corrected chi connectivity index (χ3v) is 1.46. The zero-order valence-corrected chi connectivity index (χ0v) is 5.75. The molecule has 3 nitrogen and oxygen atoms in total. The molecule has 0 bridgehead atoms. The van der Waals surface area contributed by atoms with Gasteiger partial charge in [0.1, 0.15) is 6.67 Å². The number of carbonyl (C=O) groups is 1. The van der Waals surface area contributed by atoms with E-state index in [0.717, 1.165) is 0 Å². The molecule has 4 heteroatoms. The van der Waals surface area contributed by atoms with Crippen molar-refractivity contribution in [3.8, 4) is 0 Å². The van der Waals surface area contributed by atoms with Crippen molar-refractivity contribution in [2.75, 3.05) is 13.3 Å². The summed E-state index contributed by atoms with van der Waals surface area (Å²) in [6.45, 7) is 0.288. The maximum Gasteiger partial charge on any atom is 0.309 e. The van der Waals surface area contributed by atoms with E-state index in [0.29, 0.717) is 0 Å². The summed E-state index contributed by atoms with van der Waals surface area (Å²) in [6, 6.07) is 0. The van der Waals surface area contributed by atoms with E-state index in [1.807, 2.05) is 0 Å². The fraction of sp³-hybridized carbons (Fsp3) is 0.833. The summed E-state index contributed by atoms with van der Waals surface area (Å²) in [4.78, 5) is 10.2. The van der Waals surface area contributed by atoms with E-state index in [9.17, 15) is 9.18 Å². The van der Waals surface area contributed by atoms with Gasteiger partial charge in [-0.1, -0.05) is 6.92 Å². The minimum Gasteiger partial charge on any atom is -0.481 e. The molecule has 60 valence electrons. The van der Waals surface area contributed by atoms with Gasteiger partial charge < -0.3 is 10.2 Å². The van der Waals surface area contributed by atoms with Crippen LogP contribution in [0.2, 0.25) is 0 Å². The average molecular weight is 150 g/mol. The Kier molecular flexibility index (Phi) is 3.95. The zero-order chi connectivity index (χ0) is 8.15. The van der Waals surface area contributed by atoms with Gasteiger partial charge in [-0.3, -0.25) is 9.18 Å². The van der Waals surface area contributed by atoms with E-state index in [-0.39, 0.29) is 6.61 Å². The molecule has 0 aromatic heterocycles. The van der Waals surface area contributed by atoms with Gasteiger partial charge >= 0.3 is 5.97 Å². The van der Waals surface area contributed by atoms with Gasteiger partial charge in [0, 0.05) is 6.61 Å². The maximum atomic E-state index is 11.9. The predicted octanol–water partition coefficient (Wildman–Crippen LogP) is 0.285. The summed E-state index contributed by atoms with van der Waals surface area (Å²) in [5.74, 6) is -2.77. The van der Waals surface area contributed by atoms with Crippen LogP contribution in [0.3, 0.4) is 0 Å². The van der Waals surface area contributed by atoms with Gasteiger partial charge in [-0.2, -0.15) is 0 Å². The first-order chi connectivity index (χ1) is 4.63. The number of carboxylic acid groups (broad SMARTS) is 1. The molecule has 2 unspecified atom stereocenters. The van der Waals surface area contributed by atoms with Crippen molar-refractivity contribution < 1.29 is 19.4 Å². The highest BCUT2D eigenvalue weighted by Gasteiger charge is 2.23. The Morgan fingerprint density at radius 2 is 2.20 bits per heavy atom. The third kappa shape index (κ3) is 2.31. The van der Waals surface area contributed by atoms with Crippen molar-refractivity contribution in [3.05, 3.63) is 0 Å². The Bertz CT molecular complexity index is 116. The average Bonchev–Trinajstić information content (AvgIpc) is 1.88. The minimum atomic E-state index is -1.19. The molecule has 0 aromatic carbocycles. The Morgan fingerprint density at radius 3 is 2.30 bits per heavy atom. The number of alkyl halides is 1. The van der Waals surface area contributed by atoms with Crippen molar-refractivity contribution >= 4 is 5.97 Å². The van der Waals surface area contributed by atoms with Crippen LogP contribution in [0.15, 0.2) is 0 Å². The van der Waals surface area contributed by atoms with Crippen LogP contribution >= 0.6 is 0 Å². The number of hydrogen-bond donors (Lipinski definition) is 2. The monoisotopic (exact) mass is 150 g/mol. The molecular formula is C6H11FO3. The van der Waals surface area contributed by atoms with Crippen LogP contribution in [-0.2, 0) is 4.79 Å². The van der Waals surface area contributed by atoms with Crippen LogP contribution in [0.4, 0.5) is 4.39 Å². The SMILES string of the molecule is CC(CO)C(CF)C(=O)O. The molecule has 2 atom stereocenters. The second kappa shape index (κ2) is 4.22. The molecular weight excluding hydrogens is 139 g/mol. The number of aliphatic hydroxyl groups is 1. The summed E-state index contributed by atoms with van der Waals surface area (Å²) in [5.41, 5.74) is 0. The molecule has 0 aliphatic rings. The number of aliphatic carboxylic acids is 1. The molecule has 0 aliphatic heterocycles. The van der Waals surface area contributed by atoms with Gasteiger partial charge in [0.2, 0.25) is 0 Å². The van der Waals surface area contributed by atoms with Crippen LogP contribution in [0, 0.1) is 11.8 Å². The molecule has 0 aliphatic carbocycles. The van der Waals surface area contributed by atoms with Crippen molar-refractivity contribution in [1.29, 1.82) is 0 Å². The summed E-state index contributed by atoms with van der Waals surface area (Å²) in [7, 11) is 0. The maximum absolute atomic E-state index is 11.9. The highest BCUT2D eigenvalue weighted by Crippen LogP contribution is 2.11. The lowest BCUT2D eigenvalue weighted by atomic mass is 9.97. The molecule has 0 spiro atoms. The molecule has 0 rings (SSSR count). The quantitative estimate of drug-likeness (QED) is 0.605. The largest absolute Gasteiger partial charge is 0.481 e. The van der Waals surface area contributed by atoms with E-state index in [1.54, 1.807) is 0 Å². The van der Waals surface area contributed by atoms with Crippen LogP contribution in [-0.4, -0.2) is 29.5 Å². The van der Waals surface area contributed by atoms with E-state index in [4.69, 9.17) is 10.2 Å². The number of rotatable bonds is 4. The topological polar surface area (TPSA) is 57.5 Å². The van der Waals surface area contributed by atoms with Crippen molar-refractivity contribution in [1.82, 2.24) is 0 Å². The molecule has 0 saturated heterocycles. The van der Waals surface area contributed by atoms with E-state index in [1.165, 1.54) is 6.92 Å². The first kappa shape index (κ1) is 9.36. The number of hydrogen-bond acceptors (Lipinski definition) is 2. The van der Waals surface area contributed by atoms with E-state index >= 15 is 0 Å². The van der Waals surface area contributed by atoms with Crippen molar-refractivity contribution in [3.63, 3.8) is 0 Å². The Labute approximate surface area is 58.5 Å². The van der Waals surface area contributed by atoms with Gasteiger partial charge in [-0.05, 0) is 5.92 Å². The van der Waals surface area contributed by atoms with E-state index < -0.39 is 24.5 Å². The minimum absolute atomic E-state index is 0.291. The second-order valence-corrected chi connectivity index (χ2v) is 2.26. The zero-order valence-electron chi connectivity index (χ0n) is 5.75. The van der Waals surface area contributed by atoms with E-state index in [2.05, 4.69) is 0 Å². The lowest BCUT2D eigenvalue weighted by molar-refractivity contribution is -0.144. The van der Waals surface area contributed by atoms with Crippen LogP contribution in [0.25, 0.3) is 0 Å². The fourth-order valence-corrected chi connectivity index (χ4v) is 0.589. The molecule has 0 heterocycles. The predicted molar refractivity (Wildman–Crippen MR) is 33.4 cm³/mol.